The van der Waals surface area contributed by atoms with Gasteiger partial charge >= 0.3 is 0 Å². The van der Waals surface area contributed by atoms with Crippen molar-refractivity contribution in [2.24, 2.45) is 0 Å². The van der Waals surface area contributed by atoms with E-state index < -0.39 is 18.3 Å². The Morgan fingerprint density at radius 3 is 2.15 bits per heavy atom. The Kier molecular flexibility index (Phi) is 8.26. The van der Waals surface area contributed by atoms with Gasteiger partial charge in [0.15, 0.2) is 6.04 Å². The predicted octanol–water partition coefficient (Wildman–Crippen LogP) is -10.7. The second-order valence-electron chi connectivity index (χ2n) is 2.97. The molecule has 0 saturated carbocycles. The zero-order chi connectivity index (χ0) is 8.43. The van der Waals surface area contributed by atoms with Crippen molar-refractivity contribution < 1.29 is 51.2 Å². The molecule has 0 aliphatic carbocycles. The number of halogens is 2. The number of aliphatic hydroxyl groups is 3. The van der Waals surface area contributed by atoms with Crippen molar-refractivity contribution in [1.29, 1.82) is 0 Å². The van der Waals surface area contributed by atoms with Crippen molar-refractivity contribution in [2.75, 3.05) is 13.1 Å². The second kappa shape index (κ2) is 6.78. The van der Waals surface area contributed by atoms with E-state index in [-0.39, 0.29) is 30.9 Å². The molecule has 7 heteroatoms. The summed E-state index contributed by atoms with van der Waals surface area (Å²) in [6.45, 7) is 1.00. The summed E-state index contributed by atoms with van der Waals surface area (Å²) in [5.41, 5.74) is 3.64. The van der Waals surface area contributed by atoms with Crippen LogP contribution in [0.4, 0.5) is 0 Å². The number of aliphatic hydroxyl groups excluding tert-OH is 3. The average Bonchev–Trinajstić information content (AvgIpc) is 2.01. The van der Waals surface area contributed by atoms with Crippen LogP contribution in [-0.4, -0.2) is 52.8 Å². The van der Waals surface area contributed by atoms with Crippen LogP contribution in [0.5, 0.6) is 0 Å². The van der Waals surface area contributed by atoms with Gasteiger partial charge in [0.05, 0.1) is 0 Å². The fourth-order valence-electron chi connectivity index (χ4n) is 1.36. The quantitative estimate of drug-likeness (QED) is 0.311. The summed E-state index contributed by atoms with van der Waals surface area (Å²) in [6, 6.07) is -0.0756. The maximum Gasteiger partial charge on any atom is 0.164 e. The number of nitrogens with two attached hydrogens (primary N) is 1. The van der Waals surface area contributed by atoms with E-state index in [1.807, 2.05) is 5.32 Å². The summed E-state index contributed by atoms with van der Waals surface area (Å²) >= 11 is 0. The molecular formula is C6H16Cl2N2O3. The first-order valence-electron chi connectivity index (χ1n) is 3.83. The molecule has 82 valence electrons. The predicted molar refractivity (Wildman–Crippen MR) is 36.4 cm³/mol. The molecular weight excluding hydrogens is 219 g/mol. The summed E-state index contributed by atoms with van der Waals surface area (Å²) in [6.07, 6.45) is -2.67. The zero-order valence-electron chi connectivity index (χ0n) is 7.11. The molecule has 0 aromatic carbocycles. The minimum absolute atomic E-state index is 0. The Hall–Kier alpha value is 0.380. The Morgan fingerprint density at radius 2 is 1.69 bits per heavy atom. The van der Waals surface area contributed by atoms with Gasteiger partial charge in [0.25, 0.3) is 0 Å². The van der Waals surface area contributed by atoms with Crippen LogP contribution in [0, 0.1) is 0 Å². The van der Waals surface area contributed by atoms with Crippen molar-refractivity contribution >= 4 is 0 Å². The lowest BCUT2D eigenvalue weighted by molar-refractivity contribution is -0.730. The first kappa shape index (κ1) is 15.8. The van der Waals surface area contributed by atoms with Crippen LogP contribution in [0.3, 0.4) is 0 Å². The fraction of sp³-hybridized carbons (Fsp3) is 1.00. The van der Waals surface area contributed by atoms with Gasteiger partial charge in [-0.05, 0) is 0 Å². The summed E-state index contributed by atoms with van der Waals surface area (Å²) in [5.74, 6) is 0. The topological polar surface area (TPSA) is 105 Å². The van der Waals surface area contributed by atoms with E-state index in [2.05, 4.69) is 5.73 Å². The molecule has 0 bridgehead atoms. The first-order chi connectivity index (χ1) is 5.16. The largest absolute Gasteiger partial charge is 1.00 e. The third-order valence-corrected chi connectivity index (χ3v) is 2.20. The van der Waals surface area contributed by atoms with E-state index in [1.54, 1.807) is 0 Å². The van der Waals surface area contributed by atoms with Crippen LogP contribution >= 0.6 is 0 Å². The van der Waals surface area contributed by atoms with Gasteiger partial charge in [0.1, 0.15) is 31.4 Å². The van der Waals surface area contributed by atoms with Gasteiger partial charge in [-0.15, -0.1) is 0 Å². The number of piperidine rings is 1. The highest BCUT2D eigenvalue weighted by Crippen LogP contribution is 2.04. The molecule has 1 rings (SSSR count). The summed E-state index contributed by atoms with van der Waals surface area (Å²) < 4.78 is 0. The van der Waals surface area contributed by atoms with E-state index in [9.17, 15) is 10.2 Å². The average molecular weight is 235 g/mol. The zero-order valence-corrected chi connectivity index (χ0v) is 8.62. The molecule has 1 fully saturated rings. The van der Waals surface area contributed by atoms with Crippen LogP contribution in [0.25, 0.3) is 0 Å². The van der Waals surface area contributed by atoms with Gasteiger partial charge in [-0.2, -0.15) is 0 Å². The smallest absolute Gasteiger partial charge is 0.164 e. The Morgan fingerprint density at radius 1 is 1.15 bits per heavy atom. The third kappa shape index (κ3) is 3.55. The van der Waals surface area contributed by atoms with Crippen LogP contribution < -0.4 is 35.9 Å². The minimum Gasteiger partial charge on any atom is -1.00 e. The summed E-state index contributed by atoms with van der Waals surface area (Å²) in [5, 5.41) is 29.4. The number of hydrogen-bond acceptors (Lipinski definition) is 3. The third-order valence-electron chi connectivity index (χ3n) is 2.20. The van der Waals surface area contributed by atoms with E-state index in [0.29, 0.717) is 13.1 Å². The molecule has 1 saturated heterocycles. The Bertz CT molecular complexity index is 139. The second-order valence-corrected chi connectivity index (χ2v) is 2.97. The van der Waals surface area contributed by atoms with Gasteiger partial charge in [-0.3, -0.25) is 0 Å². The monoisotopic (exact) mass is 234 g/mol. The molecule has 5 nitrogen and oxygen atoms in total. The highest BCUT2D eigenvalue weighted by molar-refractivity contribution is 4.82. The van der Waals surface area contributed by atoms with E-state index in [0.717, 1.165) is 0 Å². The van der Waals surface area contributed by atoms with Crippen LogP contribution in [-0.2, 0) is 0 Å². The van der Waals surface area contributed by atoms with Crippen molar-refractivity contribution in [1.82, 2.24) is 0 Å². The molecule has 8 N–H and O–H groups in total. The molecule has 13 heavy (non-hydrogen) atoms. The van der Waals surface area contributed by atoms with Gasteiger partial charge in [-0.25, -0.2) is 0 Å². The molecule has 0 unspecified atom stereocenters. The molecule has 0 radical (unpaired) electrons. The van der Waals surface area contributed by atoms with E-state index in [1.165, 1.54) is 0 Å². The number of hydrogen-bond donors (Lipinski definition) is 5. The maximum atomic E-state index is 9.33. The minimum atomic E-state index is -1.01. The van der Waals surface area contributed by atoms with Crippen molar-refractivity contribution in [2.45, 2.75) is 24.4 Å². The molecule has 1 aliphatic rings. The molecule has 0 aromatic rings. The van der Waals surface area contributed by atoms with E-state index in [4.69, 9.17) is 5.11 Å². The Balaban J connectivity index is 0. The van der Waals surface area contributed by atoms with Gasteiger partial charge in [0.2, 0.25) is 0 Å². The summed E-state index contributed by atoms with van der Waals surface area (Å²) in [4.78, 5) is 0. The lowest BCUT2D eigenvalue weighted by atomic mass is 9.96. The van der Waals surface area contributed by atoms with E-state index >= 15 is 0 Å². The summed E-state index contributed by atoms with van der Waals surface area (Å²) in [7, 11) is 0. The lowest BCUT2D eigenvalue weighted by Crippen LogP contribution is -3.01. The standard InChI is InChI=1S/C6H14N2O3.2ClH/c7-1-3-5(10)6(11)4(9)2-8-3;;/h3-6,8-11H,1-2,7H2;2*1H/t3-,4+,5-,6-;;/m1../s1. The van der Waals surface area contributed by atoms with Crippen molar-refractivity contribution in [3.05, 3.63) is 0 Å². The Labute approximate surface area is 89.1 Å². The lowest BCUT2D eigenvalue weighted by Gasteiger charge is -2.31. The van der Waals surface area contributed by atoms with Crippen LogP contribution in [0.1, 0.15) is 0 Å². The molecule has 0 spiro atoms. The first-order valence-corrected chi connectivity index (χ1v) is 3.83. The molecule has 0 amide bonds. The molecule has 1 heterocycles. The normalized spacial score (nSPS) is 38.8. The molecule has 1 aliphatic heterocycles. The van der Waals surface area contributed by atoms with Crippen molar-refractivity contribution in [3.8, 4) is 0 Å². The maximum absolute atomic E-state index is 9.33. The molecule has 0 aromatic heterocycles. The number of quaternary nitrogens is 2. The van der Waals surface area contributed by atoms with Crippen LogP contribution in [0.15, 0.2) is 0 Å². The van der Waals surface area contributed by atoms with Crippen molar-refractivity contribution in [3.63, 3.8) is 0 Å². The van der Waals surface area contributed by atoms with Crippen LogP contribution in [0.2, 0.25) is 0 Å². The highest BCUT2D eigenvalue weighted by atomic mass is 35.5. The van der Waals surface area contributed by atoms with Gasteiger partial charge < -0.3 is 51.2 Å². The van der Waals surface area contributed by atoms with Gasteiger partial charge in [-0.1, -0.05) is 0 Å². The fourth-order valence-corrected chi connectivity index (χ4v) is 1.36. The number of rotatable bonds is 1. The highest BCUT2D eigenvalue weighted by Gasteiger charge is 2.39. The van der Waals surface area contributed by atoms with Gasteiger partial charge in [0, 0.05) is 0 Å². The SMILES string of the molecule is [Cl-].[Cl-].[NH3+]C[C@H]1[NH2+]C[C@H](O)[C@@H](O)[C@@H]1O. The molecule has 4 atom stereocenters.